The average Bonchev–Trinajstić information content (AvgIpc) is 3.22. The molecule has 24 heavy (non-hydrogen) atoms. The fraction of sp³-hybridized carbons (Fsp3) is 0.706. The third kappa shape index (κ3) is 2.33. The van der Waals surface area contributed by atoms with Crippen molar-refractivity contribution in [2.24, 2.45) is 11.3 Å². The van der Waals surface area contributed by atoms with Crippen LogP contribution in [0.1, 0.15) is 35.4 Å². The molecular formula is C17H24N4O3. The fourth-order valence-electron chi connectivity index (χ4n) is 4.41. The Kier molecular flexibility index (Phi) is 3.83. The number of carbonyl (C=O) groups is 2. The van der Waals surface area contributed by atoms with Crippen molar-refractivity contribution in [3.8, 4) is 0 Å². The van der Waals surface area contributed by atoms with Crippen LogP contribution in [-0.4, -0.2) is 59.8 Å². The van der Waals surface area contributed by atoms with Gasteiger partial charge in [0.25, 0.3) is 5.91 Å². The molecule has 4 heterocycles. The van der Waals surface area contributed by atoms with Crippen molar-refractivity contribution in [3.05, 3.63) is 17.5 Å². The van der Waals surface area contributed by atoms with Crippen molar-refractivity contribution in [2.75, 3.05) is 33.4 Å². The number of aromatic nitrogens is 2. The summed E-state index contributed by atoms with van der Waals surface area (Å²) in [6.07, 6.45) is 3.92. The lowest BCUT2D eigenvalue weighted by molar-refractivity contribution is -0.138. The number of nitrogens with one attached hydrogen (secondary N) is 1. The number of hydrogen-bond donors (Lipinski definition) is 1. The van der Waals surface area contributed by atoms with Crippen LogP contribution in [0.3, 0.4) is 0 Å². The third-order valence-corrected chi connectivity index (χ3v) is 5.81. The summed E-state index contributed by atoms with van der Waals surface area (Å²) >= 11 is 0. The van der Waals surface area contributed by atoms with Crippen LogP contribution in [0.15, 0.2) is 6.07 Å². The second-order valence-electron chi connectivity index (χ2n) is 7.14. The normalized spacial score (nSPS) is 29.0. The van der Waals surface area contributed by atoms with Crippen LogP contribution >= 0.6 is 0 Å². The minimum absolute atomic E-state index is 0.0234. The molecule has 0 unspecified atom stereocenters. The molecule has 7 nitrogen and oxygen atoms in total. The van der Waals surface area contributed by atoms with Gasteiger partial charge < -0.3 is 15.0 Å². The Hall–Kier alpha value is -1.89. The van der Waals surface area contributed by atoms with E-state index in [4.69, 9.17) is 4.74 Å². The third-order valence-electron chi connectivity index (χ3n) is 5.81. The molecular weight excluding hydrogens is 308 g/mol. The number of nitrogens with zero attached hydrogens (tertiary/aromatic N) is 3. The molecule has 0 aliphatic carbocycles. The van der Waals surface area contributed by atoms with Crippen molar-refractivity contribution in [1.29, 1.82) is 0 Å². The molecule has 4 rings (SSSR count). The molecule has 0 aromatic carbocycles. The van der Waals surface area contributed by atoms with Gasteiger partial charge in [0.15, 0.2) is 5.69 Å². The van der Waals surface area contributed by atoms with Gasteiger partial charge in [-0.15, -0.1) is 0 Å². The highest BCUT2D eigenvalue weighted by Crippen LogP contribution is 2.42. The lowest BCUT2D eigenvalue weighted by Gasteiger charge is -2.36. The Balaban J connectivity index is 1.57. The average molecular weight is 332 g/mol. The van der Waals surface area contributed by atoms with Crippen molar-refractivity contribution in [3.63, 3.8) is 0 Å². The topological polar surface area (TPSA) is 76.5 Å². The summed E-state index contributed by atoms with van der Waals surface area (Å²) in [6.45, 7) is 3.03. The minimum atomic E-state index is -0.512. The van der Waals surface area contributed by atoms with Gasteiger partial charge in [0.05, 0.1) is 12.0 Å². The van der Waals surface area contributed by atoms with E-state index >= 15 is 0 Å². The number of amides is 2. The predicted molar refractivity (Wildman–Crippen MR) is 86.5 cm³/mol. The van der Waals surface area contributed by atoms with E-state index in [-0.39, 0.29) is 17.7 Å². The lowest BCUT2D eigenvalue weighted by atomic mass is 9.73. The maximum atomic E-state index is 12.9. The number of carbonyl (C=O) groups excluding carboxylic acids is 2. The van der Waals surface area contributed by atoms with E-state index in [0.717, 1.165) is 31.5 Å². The van der Waals surface area contributed by atoms with E-state index in [9.17, 15) is 9.59 Å². The molecule has 130 valence electrons. The van der Waals surface area contributed by atoms with E-state index in [1.165, 1.54) is 0 Å². The van der Waals surface area contributed by atoms with Crippen LogP contribution < -0.4 is 5.32 Å². The lowest BCUT2D eigenvalue weighted by Crippen LogP contribution is -2.49. The predicted octanol–water partition coefficient (Wildman–Crippen LogP) is 0.444. The minimum Gasteiger partial charge on any atom is -0.381 e. The van der Waals surface area contributed by atoms with Crippen LogP contribution in [0.5, 0.6) is 0 Å². The molecule has 1 aromatic heterocycles. The summed E-state index contributed by atoms with van der Waals surface area (Å²) in [5.74, 6) is 0.0252. The van der Waals surface area contributed by atoms with Gasteiger partial charge >= 0.3 is 0 Å². The monoisotopic (exact) mass is 332 g/mol. The van der Waals surface area contributed by atoms with E-state index in [1.807, 2.05) is 10.7 Å². The maximum Gasteiger partial charge on any atom is 0.274 e. The number of aryl methyl sites for hydroxylation is 2. The standard InChI is InChI=1S/C17H24N4O3/c1-18-16(23)17-5-7-24-10-12(17)9-20(11-17)15(22)14-8-13-4-2-3-6-21(13)19-14/h8,12H,2-7,9-11H2,1H3,(H,18,23)/t12-,17+/m1/s1. The van der Waals surface area contributed by atoms with Crippen LogP contribution in [0.25, 0.3) is 0 Å². The van der Waals surface area contributed by atoms with E-state index in [2.05, 4.69) is 10.4 Å². The molecule has 2 amide bonds. The summed E-state index contributed by atoms with van der Waals surface area (Å²) < 4.78 is 7.52. The molecule has 2 atom stereocenters. The van der Waals surface area contributed by atoms with Gasteiger partial charge in [-0.25, -0.2) is 0 Å². The first kappa shape index (κ1) is 15.6. The molecule has 0 spiro atoms. The van der Waals surface area contributed by atoms with Gasteiger partial charge in [-0.3, -0.25) is 14.3 Å². The summed E-state index contributed by atoms with van der Waals surface area (Å²) in [6, 6.07) is 1.92. The van der Waals surface area contributed by atoms with E-state index in [1.54, 1.807) is 11.9 Å². The first-order valence-electron chi connectivity index (χ1n) is 8.80. The van der Waals surface area contributed by atoms with Crippen LogP contribution in [-0.2, 0) is 22.5 Å². The van der Waals surface area contributed by atoms with E-state index < -0.39 is 5.41 Å². The summed E-state index contributed by atoms with van der Waals surface area (Å²) in [7, 11) is 1.66. The Morgan fingerprint density at radius 3 is 3.08 bits per heavy atom. The Bertz CT molecular complexity index is 647. The second-order valence-corrected chi connectivity index (χ2v) is 7.14. The molecule has 0 saturated carbocycles. The highest BCUT2D eigenvalue weighted by atomic mass is 16.5. The Morgan fingerprint density at radius 1 is 1.42 bits per heavy atom. The number of rotatable bonds is 2. The Labute approximate surface area is 141 Å². The van der Waals surface area contributed by atoms with Crippen molar-refractivity contribution in [2.45, 2.75) is 32.2 Å². The molecule has 1 aromatic rings. The summed E-state index contributed by atoms with van der Waals surface area (Å²) in [4.78, 5) is 27.2. The number of hydrogen-bond acceptors (Lipinski definition) is 4. The van der Waals surface area contributed by atoms with Gasteiger partial charge in [0, 0.05) is 44.9 Å². The Morgan fingerprint density at radius 2 is 2.29 bits per heavy atom. The zero-order chi connectivity index (χ0) is 16.7. The van der Waals surface area contributed by atoms with Crippen molar-refractivity contribution >= 4 is 11.8 Å². The van der Waals surface area contributed by atoms with Crippen LogP contribution in [0, 0.1) is 11.3 Å². The molecule has 3 aliphatic rings. The number of likely N-dealkylation sites (tertiary alicyclic amines) is 1. The maximum absolute atomic E-state index is 12.9. The smallest absolute Gasteiger partial charge is 0.274 e. The largest absolute Gasteiger partial charge is 0.381 e. The molecule has 2 fully saturated rings. The highest BCUT2D eigenvalue weighted by Gasteiger charge is 2.54. The molecule has 2 saturated heterocycles. The van der Waals surface area contributed by atoms with Gasteiger partial charge in [-0.1, -0.05) is 0 Å². The molecule has 1 N–H and O–H groups in total. The van der Waals surface area contributed by atoms with Gasteiger partial charge in [0.2, 0.25) is 5.91 Å². The van der Waals surface area contributed by atoms with Crippen molar-refractivity contribution in [1.82, 2.24) is 20.0 Å². The first-order chi connectivity index (χ1) is 11.6. The zero-order valence-corrected chi connectivity index (χ0v) is 14.1. The van der Waals surface area contributed by atoms with Gasteiger partial charge in [-0.2, -0.15) is 5.10 Å². The fourth-order valence-corrected chi connectivity index (χ4v) is 4.41. The van der Waals surface area contributed by atoms with E-state index in [0.29, 0.717) is 38.4 Å². The van der Waals surface area contributed by atoms with Gasteiger partial charge in [-0.05, 0) is 31.7 Å². The SMILES string of the molecule is CNC(=O)[C@]12CCOC[C@H]1CN(C(=O)c1cc3n(n1)CCCC3)C2. The summed E-state index contributed by atoms with van der Waals surface area (Å²) in [5.41, 5.74) is 1.14. The molecule has 3 aliphatic heterocycles. The quantitative estimate of drug-likeness (QED) is 0.853. The first-order valence-corrected chi connectivity index (χ1v) is 8.80. The zero-order valence-electron chi connectivity index (χ0n) is 14.1. The summed E-state index contributed by atoms with van der Waals surface area (Å²) in [5, 5.41) is 7.28. The molecule has 7 heteroatoms. The molecule has 0 radical (unpaired) electrons. The number of ether oxygens (including phenoxy) is 1. The second kappa shape index (κ2) is 5.88. The van der Waals surface area contributed by atoms with Crippen LogP contribution in [0.4, 0.5) is 0 Å². The van der Waals surface area contributed by atoms with Crippen LogP contribution in [0.2, 0.25) is 0 Å². The molecule has 0 bridgehead atoms. The number of fused-ring (bicyclic) bond motifs is 2. The van der Waals surface area contributed by atoms with Crippen molar-refractivity contribution < 1.29 is 14.3 Å². The van der Waals surface area contributed by atoms with Gasteiger partial charge in [0.1, 0.15) is 0 Å². The highest BCUT2D eigenvalue weighted by molar-refractivity contribution is 5.94.